The third kappa shape index (κ3) is 2.10. The van der Waals surface area contributed by atoms with Crippen molar-refractivity contribution in [2.45, 2.75) is 27.2 Å². The normalized spacial score (nSPS) is 21.6. The van der Waals surface area contributed by atoms with Crippen molar-refractivity contribution < 1.29 is 4.74 Å². The highest BCUT2D eigenvalue weighted by molar-refractivity contribution is 5.47. The summed E-state index contributed by atoms with van der Waals surface area (Å²) in [4.78, 5) is 8.29. The minimum Gasteiger partial charge on any atom is -0.481 e. The Morgan fingerprint density at radius 1 is 1.50 bits per heavy atom. The van der Waals surface area contributed by atoms with Crippen LogP contribution in [0.15, 0.2) is 6.33 Å². The van der Waals surface area contributed by atoms with Crippen LogP contribution >= 0.6 is 0 Å². The molecule has 0 spiro atoms. The van der Waals surface area contributed by atoms with Crippen molar-refractivity contribution in [2.24, 2.45) is 11.3 Å². The number of methoxy groups -OCH3 is 1. The Hall–Kier alpha value is -1.32. The standard InChI is InChI=1S/C12H19N3O/c1-8-10(14-7-15-11(8)16-4)13-6-9-5-12(9,2)3/h7,9H,5-6H2,1-4H3,(H,13,14,15). The second kappa shape index (κ2) is 3.92. The van der Waals surface area contributed by atoms with E-state index < -0.39 is 0 Å². The van der Waals surface area contributed by atoms with Gasteiger partial charge in [-0.3, -0.25) is 0 Å². The van der Waals surface area contributed by atoms with E-state index in [-0.39, 0.29) is 0 Å². The molecule has 1 unspecified atom stereocenters. The highest BCUT2D eigenvalue weighted by atomic mass is 16.5. The molecule has 4 nitrogen and oxygen atoms in total. The Kier molecular flexibility index (Phi) is 2.74. The highest BCUT2D eigenvalue weighted by Crippen LogP contribution is 2.51. The van der Waals surface area contributed by atoms with E-state index in [9.17, 15) is 0 Å². The Morgan fingerprint density at radius 3 is 2.75 bits per heavy atom. The molecule has 1 aliphatic carbocycles. The topological polar surface area (TPSA) is 47.0 Å². The van der Waals surface area contributed by atoms with Gasteiger partial charge < -0.3 is 10.1 Å². The van der Waals surface area contributed by atoms with Crippen LogP contribution in [0, 0.1) is 18.3 Å². The number of ether oxygens (including phenoxy) is 1. The fraction of sp³-hybridized carbons (Fsp3) is 0.667. The van der Waals surface area contributed by atoms with Crippen molar-refractivity contribution >= 4 is 5.82 Å². The van der Waals surface area contributed by atoms with Gasteiger partial charge in [0.05, 0.1) is 12.7 Å². The number of aromatic nitrogens is 2. The summed E-state index contributed by atoms with van der Waals surface area (Å²) in [5.74, 6) is 2.29. The molecule has 0 amide bonds. The van der Waals surface area contributed by atoms with E-state index in [1.807, 2.05) is 6.92 Å². The van der Waals surface area contributed by atoms with E-state index in [4.69, 9.17) is 4.74 Å². The summed E-state index contributed by atoms with van der Waals surface area (Å²) >= 11 is 0. The predicted octanol–water partition coefficient (Wildman–Crippen LogP) is 2.25. The van der Waals surface area contributed by atoms with E-state index in [1.165, 1.54) is 12.7 Å². The first-order valence-corrected chi connectivity index (χ1v) is 5.64. The van der Waals surface area contributed by atoms with Crippen LogP contribution in [0.25, 0.3) is 0 Å². The fourth-order valence-corrected chi connectivity index (χ4v) is 1.96. The molecule has 88 valence electrons. The van der Waals surface area contributed by atoms with Gasteiger partial charge in [0.15, 0.2) is 0 Å². The summed E-state index contributed by atoms with van der Waals surface area (Å²) < 4.78 is 5.16. The molecule has 1 aromatic rings. The lowest BCUT2D eigenvalue weighted by Crippen LogP contribution is -2.10. The summed E-state index contributed by atoms with van der Waals surface area (Å²) in [7, 11) is 1.63. The van der Waals surface area contributed by atoms with Gasteiger partial charge in [-0.2, -0.15) is 0 Å². The van der Waals surface area contributed by atoms with Gasteiger partial charge in [-0.05, 0) is 24.7 Å². The number of anilines is 1. The van der Waals surface area contributed by atoms with E-state index in [0.29, 0.717) is 11.3 Å². The minimum absolute atomic E-state index is 0.498. The fourth-order valence-electron chi connectivity index (χ4n) is 1.96. The molecule has 1 saturated carbocycles. The SMILES string of the molecule is COc1ncnc(NCC2CC2(C)C)c1C. The first-order valence-electron chi connectivity index (χ1n) is 5.64. The van der Waals surface area contributed by atoms with Crippen LogP contribution in [0.4, 0.5) is 5.82 Å². The van der Waals surface area contributed by atoms with Crippen LogP contribution < -0.4 is 10.1 Å². The van der Waals surface area contributed by atoms with Crippen LogP contribution in [0.3, 0.4) is 0 Å². The minimum atomic E-state index is 0.498. The van der Waals surface area contributed by atoms with E-state index in [1.54, 1.807) is 7.11 Å². The number of hydrogen-bond acceptors (Lipinski definition) is 4. The lowest BCUT2D eigenvalue weighted by molar-refractivity contribution is 0.393. The highest BCUT2D eigenvalue weighted by Gasteiger charge is 2.45. The molecule has 0 aromatic carbocycles. The van der Waals surface area contributed by atoms with Crippen molar-refractivity contribution in [3.05, 3.63) is 11.9 Å². The summed E-state index contributed by atoms with van der Waals surface area (Å²) in [6.07, 6.45) is 2.83. The van der Waals surface area contributed by atoms with E-state index in [2.05, 4.69) is 29.1 Å². The van der Waals surface area contributed by atoms with E-state index in [0.717, 1.165) is 23.8 Å². The third-order valence-electron chi connectivity index (χ3n) is 3.46. The summed E-state index contributed by atoms with van der Waals surface area (Å²) in [6, 6.07) is 0. The van der Waals surface area contributed by atoms with Crippen molar-refractivity contribution in [3.63, 3.8) is 0 Å². The summed E-state index contributed by atoms with van der Waals surface area (Å²) in [5.41, 5.74) is 1.47. The number of hydrogen-bond donors (Lipinski definition) is 1. The number of rotatable bonds is 4. The zero-order valence-electron chi connectivity index (χ0n) is 10.4. The Morgan fingerprint density at radius 2 is 2.19 bits per heavy atom. The molecule has 2 rings (SSSR count). The van der Waals surface area contributed by atoms with Crippen LogP contribution in [-0.4, -0.2) is 23.6 Å². The van der Waals surface area contributed by atoms with Gasteiger partial charge in [0, 0.05) is 6.54 Å². The van der Waals surface area contributed by atoms with Crippen LogP contribution in [-0.2, 0) is 0 Å². The van der Waals surface area contributed by atoms with Gasteiger partial charge in [0.1, 0.15) is 12.1 Å². The van der Waals surface area contributed by atoms with Gasteiger partial charge in [-0.25, -0.2) is 9.97 Å². The van der Waals surface area contributed by atoms with Crippen molar-refractivity contribution in [1.82, 2.24) is 9.97 Å². The maximum Gasteiger partial charge on any atom is 0.221 e. The predicted molar refractivity (Wildman–Crippen MR) is 63.7 cm³/mol. The zero-order chi connectivity index (χ0) is 11.8. The molecule has 1 aromatic heterocycles. The van der Waals surface area contributed by atoms with Gasteiger partial charge in [-0.1, -0.05) is 13.8 Å². The van der Waals surface area contributed by atoms with Gasteiger partial charge in [0.25, 0.3) is 0 Å². The van der Waals surface area contributed by atoms with Crippen LogP contribution in [0.1, 0.15) is 25.8 Å². The molecule has 1 heterocycles. The molecule has 0 aliphatic heterocycles. The summed E-state index contributed by atoms with van der Waals surface area (Å²) in [5, 5.41) is 3.37. The second-order valence-corrected chi connectivity index (χ2v) is 5.13. The molecule has 4 heteroatoms. The maximum absolute atomic E-state index is 5.16. The monoisotopic (exact) mass is 221 g/mol. The largest absolute Gasteiger partial charge is 0.481 e. The molecule has 0 saturated heterocycles. The molecule has 16 heavy (non-hydrogen) atoms. The lowest BCUT2D eigenvalue weighted by atomic mass is 10.1. The molecular formula is C12H19N3O. The van der Waals surface area contributed by atoms with Crippen LogP contribution in [0.2, 0.25) is 0 Å². The average molecular weight is 221 g/mol. The third-order valence-corrected chi connectivity index (χ3v) is 3.46. The van der Waals surface area contributed by atoms with Gasteiger partial charge in [0.2, 0.25) is 5.88 Å². The number of nitrogens with one attached hydrogen (secondary N) is 1. The molecule has 1 atom stereocenters. The quantitative estimate of drug-likeness (QED) is 0.847. The van der Waals surface area contributed by atoms with Gasteiger partial charge in [-0.15, -0.1) is 0 Å². The van der Waals surface area contributed by atoms with Crippen molar-refractivity contribution in [2.75, 3.05) is 19.0 Å². The maximum atomic E-state index is 5.16. The Labute approximate surface area is 96.4 Å². The first-order chi connectivity index (χ1) is 7.54. The smallest absolute Gasteiger partial charge is 0.221 e. The molecule has 1 aliphatic rings. The Bertz CT molecular complexity index is 390. The molecule has 0 radical (unpaired) electrons. The summed E-state index contributed by atoms with van der Waals surface area (Å²) in [6.45, 7) is 7.55. The Balaban J connectivity index is 1.99. The molecule has 0 bridgehead atoms. The molecule has 1 fully saturated rings. The average Bonchev–Trinajstić information content (AvgIpc) is 2.85. The van der Waals surface area contributed by atoms with Crippen molar-refractivity contribution in [1.29, 1.82) is 0 Å². The van der Waals surface area contributed by atoms with E-state index >= 15 is 0 Å². The molecular weight excluding hydrogens is 202 g/mol. The number of nitrogens with zero attached hydrogens (tertiary/aromatic N) is 2. The lowest BCUT2D eigenvalue weighted by Gasteiger charge is -2.10. The zero-order valence-corrected chi connectivity index (χ0v) is 10.4. The second-order valence-electron chi connectivity index (χ2n) is 5.13. The van der Waals surface area contributed by atoms with Crippen molar-refractivity contribution in [3.8, 4) is 5.88 Å². The van der Waals surface area contributed by atoms with Crippen LogP contribution in [0.5, 0.6) is 5.88 Å². The first kappa shape index (κ1) is 11.2. The van der Waals surface area contributed by atoms with Gasteiger partial charge >= 0.3 is 0 Å². The molecule has 1 N–H and O–H groups in total.